The van der Waals surface area contributed by atoms with E-state index in [1.807, 2.05) is 0 Å². The normalized spacial score (nSPS) is 36.2. The average molecular weight is 210 g/mol. The van der Waals surface area contributed by atoms with Crippen LogP contribution in [-0.4, -0.2) is 37.6 Å². The van der Waals surface area contributed by atoms with Crippen LogP contribution in [0, 0.1) is 23.7 Å². The van der Waals surface area contributed by atoms with Crippen molar-refractivity contribution in [3.63, 3.8) is 0 Å². The van der Waals surface area contributed by atoms with E-state index in [0.29, 0.717) is 0 Å². The van der Waals surface area contributed by atoms with Gasteiger partial charge in [0.25, 0.3) is 0 Å². The minimum atomic E-state index is 0.878. The molecule has 2 nitrogen and oxygen atoms in total. The summed E-state index contributed by atoms with van der Waals surface area (Å²) in [6.45, 7) is 13.7. The second-order valence-corrected chi connectivity index (χ2v) is 6.06. The van der Waals surface area contributed by atoms with Gasteiger partial charge < -0.3 is 10.2 Å². The summed E-state index contributed by atoms with van der Waals surface area (Å²) in [6.07, 6.45) is 1.43. The number of hydrogen-bond acceptors (Lipinski definition) is 2. The Kier molecular flexibility index (Phi) is 3.68. The van der Waals surface area contributed by atoms with Crippen LogP contribution in [-0.2, 0) is 0 Å². The van der Waals surface area contributed by atoms with Crippen LogP contribution in [0.1, 0.15) is 27.2 Å². The van der Waals surface area contributed by atoms with Gasteiger partial charge in [-0.2, -0.15) is 0 Å². The van der Waals surface area contributed by atoms with Gasteiger partial charge >= 0.3 is 0 Å². The van der Waals surface area contributed by atoms with Crippen LogP contribution >= 0.6 is 0 Å². The van der Waals surface area contributed by atoms with Crippen molar-refractivity contribution in [1.29, 1.82) is 0 Å². The minimum absolute atomic E-state index is 0.878. The predicted molar refractivity (Wildman–Crippen MR) is 64.9 cm³/mol. The molecule has 2 rings (SSSR count). The Morgan fingerprint density at radius 3 is 2.27 bits per heavy atom. The van der Waals surface area contributed by atoms with Crippen molar-refractivity contribution in [1.82, 2.24) is 10.2 Å². The third-order valence-electron chi connectivity index (χ3n) is 4.11. The van der Waals surface area contributed by atoms with E-state index in [0.717, 1.165) is 23.7 Å². The lowest BCUT2D eigenvalue weighted by Crippen LogP contribution is -2.49. The number of nitrogens with zero attached hydrogens (tertiary/aromatic N) is 1. The second-order valence-electron chi connectivity index (χ2n) is 6.06. The molecule has 2 heteroatoms. The van der Waals surface area contributed by atoms with Gasteiger partial charge in [0.15, 0.2) is 0 Å². The lowest BCUT2D eigenvalue weighted by atomic mass is 9.86. The molecule has 2 fully saturated rings. The summed E-state index contributed by atoms with van der Waals surface area (Å²) in [5.74, 6) is 3.63. The van der Waals surface area contributed by atoms with Gasteiger partial charge in [0.05, 0.1) is 0 Å². The van der Waals surface area contributed by atoms with Gasteiger partial charge in [-0.3, -0.25) is 0 Å². The summed E-state index contributed by atoms with van der Waals surface area (Å²) < 4.78 is 0. The zero-order valence-electron chi connectivity index (χ0n) is 10.5. The summed E-state index contributed by atoms with van der Waals surface area (Å²) in [7, 11) is 0. The van der Waals surface area contributed by atoms with E-state index < -0.39 is 0 Å². The molecule has 0 aromatic rings. The van der Waals surface area contributed by atoms with E-state index in [-0.39, 0.29) is 0 Å². The van der Waals surface area contributed by atoms with Gasteiger partial charge in [0, 0.05) is 19.6 Å². The van der Waals surface area contributed by atoms with Crippen LogP contribution in [0.15, 0.2) is 0 Å². The third kappa shape index (κ3) is 2.94. The molecule has 88 valence electrons. The molecule has 3 atom stereocenters. The Morgan fingerprint density at radius 1 is 1.20 bits per heavy atom. The van der Waals surface area contributed by atoms with Crippen molar-refractivity contribution in [2.75, 3.05) is 32.7 Å². The molecule has 0 amide bonds. The van der Waals surface area contributed by atoms with Crippen LogP contribution in [0.3, 0.4) is 0 Å². The first-order valence-corrected chi connectivity index (χ1v) is 6.58. The van der Waals surface area contributed by atoms with Crippen molar-refractivity contribution in [2.24, 2.45) is 23.7 Å². The molecule has 0 spiro atoms. The first-order valence-electron chi connectivity index (χ1n) is 6.58. The van der Waals surface area contributed by atoms with Crippen molar-refractivity contribution < 1.29 is 0 Å². The molecular weight excluding hydrogens is 184 g/mol. The molecule has 2 heterocycles. The zero-order valence-corrected chi connectivity index (χ0v) is 10.5. The van der Waals surface area contributed by atoms with Crippen LogP contribution in [0.2, 0.25) is 0 Å². The van der Waals surface area contributed by atoms with Crippen LogP contribution < -0.4 is 5.32 Å². The highest BCUT2D eigenvalue weighted by molar-refractivity contribution is 4.83. The van der Waals surface area contributed by atoms with Crippen molar-refractivity contribution in [3.8, 4) is 0 Å². The maximum atomic E-state index is 3.38. The minimum Gasteiger partial charge on any atom is -0.316 e. The van der Waals surface area contributed by atoms with Crippen LogP contribution in [0.5, 0.6) is 0 Å². The number of rotatable bonds is 3. The Morgan fingerprint density at radius 2 is 1.80 bits per heavy atom. The molecule has 2 aliphatic heterocycles. The monoisotopic (exact) mass is 210 g/mol. The Hall–Kier alpha value is -0.0800. The summed E-state index contributed by atoms with van der Waals surface area (Å²) in [6, 6.07) is 0. The largest absolute Gasteiger partial charge is 0.316 e. The van der Waals surface area contributed by atoms with Gasteiger partial charge in [-0.25, -0.2) is 0 Å². The highest BCUT2D eigenvalue weighted by Crippen LogP contribution is 2.24. The zero-order chi connectivity index (χ0) is 10.8. The lowest BCUT2D eigenvalue weighted by molar-refractivity contribution is 0.0998. The van der Waals surface area contributed by atoms with E-state index >= 15 is 0 Å². The fraction of sp³-hybridized carbons (Fsp3) is 1.00. The predicted octanol–water partition coefficient (Wildman–Crippen LogP) is 1.82. The number of nitrogens with one attached hydrogen (secondary N) is 1. The van der Waals surface area contributed by atoms with E-state index in [4.69, 9.17) is 0 Å². The standard InChI is InChI=1S/C13H26N2/c1-10-4-11(2)8-15(7-10)9-12(3)13-5-14-6-13/h10-14H,4-9H2,1-3H3. The molecule has 0 aromatic carbocycles. The van der Waals surface area contributed by atoms with Crippen molar-refractivity contribution in [3.05, 3.63) is 0 Å². The lowest BCUT2D eigenvalue weighted by Gasteiger charge is -2.40. The second kappa shape index (κ2) is 4.84. The van der Waals surface area contributed by atoms with Gasteiger partial charge in [0.1, 0.15) is 0 Å². The molecule has 2 saturated heterocycles. The molecule has 1 N–H and O–H groups in total. The Bertz CT molecular complexity index is 191. The van der Waals surface area contributed by atoms with Crippen LogP contribution in [0.25, 0.3) is 0 Å². The molecule has 0 aliphatic carbocycles. The Labute approximate surface area is 94.4 Å². The van der Waals surface area contributed by atoms with E-state index in [1.54, 1.807) is 0 Å². The quantitative estimate of drug-likeness (QED) is 0.764. The molecule has 2 aliphatic rings. The van der Waals surface area contributed by atoms with Gasteiger partial charge in [-0.15, -0.1) is 0 Å². The highest BCUT2D eigenvalue weighted by Gasteiger charge is 2.28. The van der Waals surface area contributed by atoms with E-state index in [9.17, 15) is 0 Å². The summed E-state index contributed by atoms with van der Waals surface area (Å²) in [5.41, 5.74) is 0. The summed E-state index contributed by atoms with van der Waals surface area (Å²) in [5, 5.41) is 3.38. The molecule has 0 bridgehead atoms. The molecule has 0 aromatic heterocycles. The maximum absolute atomic E-state index is 3.38. The molecule has 0 saturated carbocycles. The first kappa shape index (κ1) is 11.4. The van der Waals surface area contributed by atoms with E-state index in [2.05, 4.69) is 31.0 Å². The maximum Gasteiger partial charge on any atom is 0.00108 e. The number of likely N-dealkylation sites (tertiary alicyclic amines) is 1. The van der Waals surface area contributed by atoms with Crippen LogP contribution in [0.4, 0.5) is 0 Å². The Balaban J connectivity index is 1.77. The van der Waals surface area contributed by atoms with Crippen molar-refractivity contribution >= 4 is 0 Å². The molecular formula is C13H26N2. The SMILES string of the molecule is CC1CC(C)CN(CC(C)C2CNC2)C1. The van der Waals surface area contributed by atoms with Gasteiger partial charge in [-0.1, -0.05) is 20.8 Å². The third-order valence-corrected chi connectivity index (χ3v) is 4.11. The average Bonchev–Trinajstić information content (AvgIpc) is 1.96. The van der Waals surface area contributed by atoms with Crippen molar-refractivity contribution in [2.45, 2.75) is 27.2 Å². The summed E-state index contributed by atoms with van der Waals surface area (Å²) in [4.78, 5) is 2.70. The number of piperidine rings is 1. The van der Waals surface area contributed by atoms with Gasteiger partial charge in [-0.05, 0) is 43.2 Å². The first-order chi connectivity index (χ1) is 7.15. The molecule has 15 heavy (non-hydrogen) atoms. The fourth-order valence-corrected chi connectivity index (χ4v) is 3.21. The van der Waals surface area contributed by atoms with E-state index in [1.165, 1.54) is 39.1 Å². The highest BCUT2D eigenvalue weighted by atomic mass is 15.1. The topological polar surface area (TPSA) is 15.3 Å². The van der Waals surface area contributed by atoms with Gasteiger partial charge in [0.2, 0.25) is 0 Å². The molecule has 3 unspecified atom stereocenters. The fourth-order valence-electron chi connectivity index (χ4n) is 3.21. The summed E-state index contributed by atoms with van der Waals surface area (Å²) >= 11 is 0. The smallest absolute Gasteiger partial charge is 0.00108 e. The molecule has 0 radical (unpaired) electrons. The number of hydrogen-bond donors (Lipinski definition) is 1.